The summed E-state index contributed by atoms with van der Waals surface area (Å²) in [5.74, 6) is -0.0536. The Hall–Kier alpha value is -1.97. The first-order chi connectivity index (χ1) is 8.20. The highest BCUT2D eigenvalue weighted by molar-refractivity contribution is 6.09. The fraction of sp³-hybridized carbons (Fsp3) is 0.0714. The monoisotopic (exact) mass is 226 g/mol. The maximum absolute atomic E-state index is 12.3. The van der Waals surface area contributed by atoms with Crippen molar-refractivity contribution in [3.05, 3.63) is 71.3 Å². The van der Waals surface area contributed by atoms with E-state index in [1.165, 1.54) is 0 Å². The highest BCUT2D eigenvalue weighted by Crippen LogP contribution is 2.17. The van der Waals surface area contributed by atoms with Crippen molar-refractivity contribution in [1.29, 1.82) is 0 Å². The number of carbonyl (C=O) groups is 1. The summed E-state index contributed by atoms with van der Waals surface area (Å²) in [6.45, 7) is 0. The normalized spacial score (nSPS) is 10.5. The van der Waals surface area contributed by atoms with Gasteiger partial charge >= 0.3 is 0 Å². The number of hydrogen-bond acceptors (Lipinski definition) is 3. The van der Waals surface area contributed by atoms with Gasteiger partial charge in [0.15, 0.2) is 5.78 Å². The largest absolute Gasteiger partial charge is 0.312 e. The Kier molecular flexibility index (Phi) is 3.32. The first-order valence-electron chi connectivity index (χ1n) is 5.40. The van der Waals surface area contributed by atoms with Crippen molar-refractivity contribution in [2.75, 3.05) is 0 Å². The van der Waals surface area contributed by atoms with E-state index in [9.17, 15) is 4.79 Å². The average Bonchev–Trinajstić information content (AvgIpc) is 2.39. The predicted molar refractivity (Wildman–Crippen MR) is 67.4 cm³/mol. The third kappa shape index (κ3) is 2.41. The van der Waals surface area contributed by atoms with Crippen molar-refractivity contribution in [1.82, 2.24) is 0 Å². The Labute approximate surface area is 100 Å². The summed E-state index contributed by atoms with van der Waals surface area (Å²) < 4.78 is 0. The molecule has 0 bridgehead atoms. The molecule has 2 aromatic rings. The van der Waals surface area contributed by atoms with Crippen LogP contribution in [0.3, 0.4) is 0 Å². The second kappa shape index (κ2) is 4.91. The van der Waals surface area contributed by atoms with Crippen LogP contribution >= 0.6 is 0 Å². The molecular formula is C14H14N2O. The van der Waals surface area contributed by atoms with Crippen LogP contribution in [0.4, 0.5) is 0 Å². The average molecular weight is 226 g/mol. The molecule has 3 nitrogen and oxygen atoms in total. The maximum Gasteiger partial charge on any atom is 0.193 e. The Bertz CT molecular complexity index is 521. The van der Waals surface area contributed by atoms with E-state index in [1.807, 2.05) is 30.3 Å². The molecule has 0 aliphatic heterocycles. The van der Waals surface area contributed by atoms with Crippen molar-refractivity contribution in [3.63, 3.8) is 0 Å². The van der Waals surface area contributed by atoms with Gasteiger partial charge in [0.25, 0.3) is 0 Å². The number of carbonyl (C=O) groups excluding carboxylic acids is 1. The van der Waals surface area contributed by atoms with Gasteiger partial charge in [-0.2, -0.15) is 0 Å². The highest BCUT2D eigenvalue weighted by atomic mass is 16.1. The van der Waals surface area contributed by atoms with E-state index >= 15 is 0 Å². The molecule has 3 heteroatoms. The number of rotatable bonds is 3. The second-order valence-electron chi connectivity index (χ2n) is 3.81. The van der Waals surface area contributed by atoms with E-state index in [0.29, 0.717) is 16.7 Å². The van der Waals surface area contributed by atoms with Crippen LogP contribution in [0.15, 0.2) is 54.6 Å². The lowest BCUT2D eigenvalue weighted by Crippen LogP contribution is -2.23. The predicted octanol–water partition coefficient (Wildman–Crippen LogP) is 1.83. The minimum atomic E-state index is -0.640. The summed E-state index contributed by atoms with van der Waals surface area (Å²) in [5, 5.41) is 0. The van der Waals surface area contributed by atoms with Crippen LogP contribution in [0, 0.1) is 0 Å². The molecule has 4 N–H and O–H groups in total. The third-order valence-electron chi connectivity index (χ3n) is 2.60. The van der Waals surface area contributed by atoms with Crippen LogP contribution in [0.5, 0.6) is 0 Å². The summed E-state index contributed by atoms with van der Waals surface area (Å²) >= 11 is 0. The third-order valence-corrected chi connectivity index (χ3v) is 2.60. The van der Waals surface area contributed by atoms with Gasteiger partial charge in [-0.15, -0.1) is 0 Å². The number of nitrogens with two attached hydrogens (primary N) is 2. The minimum Gasteiger partial charge on any atom is -0.312 e. The van der Waals surface area contributed by atoms with E-state index in [0.717, 1.165) is 0 Å². The topological polar surface area (TPSA) is 69.1 Å². The Morgan fingerprint density at radius 1 is 0.882 bits per heavy atom. The van der Waals surface area contributed by atoms with Crippen molar-refractivity contribution >= 4 is 5.78 Å². The van der Waals surface area contributed by atoms with Crippen LogP contribution in [0.25, 0.3) is 0 Å². The quantitative estimate of drug-likeness (QED) is 0.619. The molecule has 0 spiro atoms. The number of benzene rings is 2. The van der Waals surface area contributed by atoms with Gasteiger partial charge < -0.3 is 11.5 Å². The van der Waals surface area contributed by atoms with Gasteiger partial charge in [-0.25, -0.2) is 0 Å². The first kappa shape index (κ1) is 11.5. The molecule has 0 saturated carbocycles. The van der Waals surface area contributed by atoms with Gasteiger partial charge in [-0.3, -0.25) is 4.79 Å². The molecule has 0 amide bonds. The minimum absolute atomic E-state index is 0.0536. The summed E-state index contributed by atoms with van der Waals surface area (Å²) in [6, 6.07) is 16.3. The van der Waals surface area contributed by atoms with E-state index in [4.69, 9.17) is 11.5 Å². The molecule has 0 fully saturated rings. The Morgan fingerprint density at radius 3 is 2.12 bits per heavy atom. The maximum atomic E-state index is 12.3. The van der Waals surface area contributed by atoms with Crippen molar-refractivity contribution in [3.8, 4) is 0 Å². The molecule has 2 rings (SSSR count). The van der Waals surface area contributed by atoms with Crippen molar-refractivity contribution in [2.45, 2.75) is 6.17 Å². The van der Waals surface area contributed by atoms with Crippen molar-refractivity contribution in [2.24, 2.45) is 11.5 Å². The number of ketones is 1. The summed E-state index contributed by atoms with van der Waals surface area (Å²) in [4.78, 5) is 12.3. The molecule has 0 heterocycles. The van der Waals surface area contributed by atoms with Gasteiger partial charge in [0.1, 0.15) is 0 Å². The van der Waals surface area contributed by atoms with Gasteiger partial charge in [-0.1, -0.05) is 54.6 Å². The van der Waals surface area contributed by atoms with Gasteiger partial charge in [-0.05, 0) is 5.56 Å². The van der Waals surface area contributed by atoms with Crippen LogP contribution in [-0.4, -0.2) is 5.78 Å². The van der Waals surface area contributed by atoms with Crippen molar-refractivity contribution < 1.29 is 4.79 Å². The first-order valence-corrected chi connectivity index (χ1v) is 5.40. The molecule has 0 aliphatic carbocycles. The molecule has 0 atom stereocenters. The van der Waals surface area contributed by atoms with E-state index in [-0.39, 0.29) is 5.78 Å². The van der Waals surface area contributed by atoms with E-state index in [2.05, 4.69) is 0 Å². The smallest absolute Gasteiger partial charge is 0.193 e. The number of hydrogen-bond donors (Lipinski definition) is 2. The van der Waals surface area contributed by atoms with E-state index in [1.54, 1.807) is 24.3 Å². The zero-order valence-electron chi connectivity index (χ0n) is 9.34. The molecule has 86 valence electrons. The zero-order chi connectivity index (χ0) is 12.3. The summed E-state index contributed by atoms with van der Waals surface area (Å²) in [6.07, 6.45) is -0.640. The van der Waals surface area contributed by atoms with Crippen LogP contribution in [-0.2, 0) is 0 Å². The Balaban J connectivity index is 2.45. The molecule has 17 heavy (non-hydrogen) atoms. The standard InChI is InChI=1S/C14H14N2O/c15-14(16)12-9-5-4-8-11(12)13(17)10-6-2-1-3-7-10/h1-9,14H,15-16H2. The van der Waals surface area contributed by atoms with Crippen LogP contribution < -0.4 is 11.5 Å². The van der Waals surface area contributed by atoms with Crippen LogP contribution in [0.1, 0.15) is 27.7 Å². The highest BCUT2D eigenvalue weighted by Gasteiger charge is 2.14. The fourth-order valence-electron chi connectivity index (χ4n) is 1.74. The second-order valence-corrected chi connectivity index (χ2v) is 3.81. The van der Waals surface area contributed by atoms with Gasteiger partial charge in [0, 0.05) is 11.1 Å². The summed E-state index contributed by atoms with van der Waals surface area (Å²) in [5.41, 5.74) is 13.2. The fourth-order valence-corrected chi connectivity index (χ4v) is 1.74. The Morgan fingerprint density at radius 2 is 1.47 bits per heavy atom. The molecule has 0 aromatic heterocycles. The SMILES string of the molecule is NC(N)c1ccccc1C(=O)c1ccccc1. The lowest BCUT2D eigenvalue weighted by molar-refractivity contribution is 0.103. The van der Waals surface area contributed by atoms with Crippen LogP contribution in [0.2, 0.25) is 0 Å². The molecule has 0 aliphatic rings. The lowest BCUT2D eigenvalue weighted by atomic mass is 9.97. The molecule has 0 saturated heterocycles. The molecule has 0 radical (unpaired) electrons. The van der Waals surface area contributed by atoms with E-state index < -0.39 is 6.17 Å². The lowest BCUT2D eigenvalue weighted by Gasteiger charge is -2.11. The summed E-state index contributed by atoms with van der Waals surface area (Å²) in [7, 11) is 0. The van der Waals surface area contributed by atoms with Gasteiger partial charge in [0.2, 0.25) is 0 Å². The van der Waals surface area contributed by atoms with Gasteiger partial charge in [0.05, 0.1) is 6.17 Å². The molecule has 2 aromatic carbocycles. The molecular weight excluding hydrogens is 212 g/mol. The molecule has 0 unspecified atom stereocenters. The zero-order valence-corrected chi connectivity index (χ0v) is 9.34.